The third kappa shape index (κ3) is 5.65. The Hall–Kier alpha value is -2.67. The van der Waals surface area contributed by atoms with Crippen LogP contribution in [0.25, 0.3) is 0 Å². The maximum absolute atomic E-state index is 12.3. The second-order valence-corrected chi connectivity index (χ2v) is 7.08. The molecule has 2 amide bonds. The average Bonchev–Trinajstić information content (AvgIpc) is 2.69. The summed E-state index contributed by atoms with van der Waals surface area (Å²) < 4.78 is 0. The first-order chi connectivity index (χ1) is 13.1. The second-order valence-electron chi connectivity index (χ2n) is 7.08. The average molecular weight is 368 g/mol. The topological polar surface area (TPSA) is 73.4 Å². The van der Waals surface area contributed by atoms with Crippen LogP contribution in [-0.2, 0) is 13.1 Å². The van der Waals surface area contributed by atoms with Gasteiger partial charge in [-0.3, -0.25) is 9.88 Å². The van der Waals surface area contributed by atoms with Crippen LogP contribution in [0, 0.1) is 0 Å². The predicted molar refractivity (Wildman–Crippen MR) is 106 cm³/mol. The van der Waals surface area contributed by atoms with Crippen LogP contribution in [0.5, 0.6) is 0 Å². The van der Waals surface area contributed by atoms with E-state index in [1.165, 1.54) is 0 Å². The Morgan fingerprint density at radius 1 is 1.15 bits per heavy atom. The van der Waals surface area contributed by atoms with Gasteiger partial charge < -0.3 is 15.5 Å². The molecule has 2 aromatic rings. The molecule has 1 aliphatic rings. The Morgan fingerprint density at radius 3 is 2.63 bits per heavy atom. The van der Waals surface area contributed by atoms with Crippen molar-refractivity contribution in [1.29, 1.82) is 0 Å². The van der Waals surface area contributed by atoms with Gasteiger partial charge >= 0.3 is 6.03 Å². The Kier molecular flexibility index (Phi) is 6.59. The fourth-order valence-electron chi connectivity index (χ4n) is 3.34. The molecule has 0 bridgehead atoms. The van der Waals surface area contributed by atoms with E-state index < -0.39 is 0 Å². The zero-order chi connectivity index (χ0) is 19.1. The number of anilines is 1. The molecule has 1 saturated heterocycles. The first-order valence-corrected chi connectivity index (χ1v) is 9.39. The van der Waals surface area contributed by atoms with Gasteiger partial charge in [-0.2, -0.15) is 0 Å². The van der Waals surface area contributed by atoms with Gasteiger partial charge in [0.1, 0.15) is 5.82 Å². The largest absolute Gasteiger partial charge is 0.362 e. The van der Waals surface area contributed by atoms with Gasteiger partial charge in [0, 0.05) is 64.3 Å². The summed E-state index contributed by atoms with van der Waals surface area (Å²) in [5.41, 5.74) is 2.10. The van der Waals surface area contributed by atoms with Crippen molar-refractivity contribution in [3.63, 3.8) is 0 Å². The maximum Gasteiger partial charge on any atom is 0.315 e. The SMILES string of the molecule is CN(C)c1ncccc1CNC(=O)NC1CCN(Cc2ccccn2)CC1. The summed E-state index contributed by atoms with van der Waals surface area (Å²) >= 11 is 0. The van der Waals surface area contributed by atoms with Crippen LogP contribution in [0.15, 0.2) is 42.7 Å². The summed E-state index contributed by atoms with van der Waals surface area (Å²) in [5.74, 6) is 0.876. The Bertz CT molecular complexity index is 728. The Labute approximate surface area is 160 Å². The van der Waals surface area contributed by atoms with Crippen LogP contribution >= 0.6 is 0 Å². The molecule has 7 nitrogen and oxygen atoms in total. The molecule has 0 radical (unpaired) electrons. The van der Waals surface area contributed by atoms with Gasteiger partial charge in [-0.1, -0.05) is 12.1 Å². The maximum atomic E-state index is 12.3. The molecular formula is C20H28N6O. The quantitative estimate of drug-likeness (QED) is 0.816. The minimum absolute atomic E-state index is 0.119. The van der Waals surface area contributed by atoms with Crippen molar-refractivity contribution in [2.75, 3.05) is 32.1 Å². The molecule has 0 atom stereocenters. The monoisotopic (exact) mass is 368 g/mol. The standard InChI is InChI=1S/C20H28N6O/c1-25(2)19-16(6-5-11-22-19)14-23-20(27)24-17-8-12-26(13-9-17)15-18-7-3-4-10-21-18/h3-7,10-11,17H,8-9,12-15H2,1-2H3,(H2,23,24,27). The van der Waals surface area contributed by atoms with Crippen LogP contribution in [-0.4, -0.2) is 54.1 Å². The minimum Gasteiger partial charge on any atom is -0.362 e. The van der Waals surface area contributed by atoms with Gasteiger partial charge in [0.15, 0.2) is 0 Å². The number of nitrogens with zero attached hydrogens (tertiary/aromatic N) is 4. The van der Waals surface area contributed by atoms with Crippen molar-refractivity contribution < 1.29 is 4.79 Å². The van der Waals surface area contributed by atoms with E-state index in [1.54, 1.807) is 6.20 Å². The molecule has 1 fully saturated rings. The summed E-state index contributed by atoms with van der Waals surface area (Å²) in [7, 11) is 3.90. The molecule has 3 rings (SSSR count). The number of amides is 2. The lowest BCUT2D eigenvalue weighted by Gasteiger charge is -2.32. The zero-order valence-electron chi connectivity index (χ0n) is 16.1. The van der Waals surface area contributed by atoms with E-state index in [1.807, 2.05) is 49.5 Å². The molecule has 2 aromatic heterocycles. The van der Waals surface area contributed by atoms with Crippen molar-refractivity contribution in [3.8, 4) is 0 Å². The highest BCUT2D eigenvalue weighted by atomic mass is 16.2. The van der Waals surface area contributed by atoms with Crippen molar-refractivity contribution >= 4 is 11.8 Å². The number of pyridine rings is 2. The number of likely N-dealkylation sites (tertiary alicyclic amines) is 1. The number of hydrogen-bond acceptors (Lipinski definition) is 5. The Balaban J connectivity index is 1.41. The van der Waals surface area contributed by atoms with E-state index in [0.29, 0.717) is 6.54 Å². The van der Waals surface area contributed by atoms with Gasteiger partial charge in [-0.05, 0) is 31.0 Å². The van der Waals surface area contributed by atoms with Crippen LogP contribution in [0.2, 0.25) is 0 Å². The first-order valence-electron chi connectivity index (χ1n) is 9.39. The van der Waals surface area contributed by atoms with Crippen molar-refractivity contribution in [2.24, 2.45) is 0 Å². The van der Waals surface area contributed by atoms with Crippen LogP contribution < -0.4 is 15.5 Å². The van der Waals surface area contributed by atoms with E-state index in [9.17, 15) is 4.79 Å². The summed E-state index contributed by atoms with van der Waals surface area (Å²) in [6, 6.07) is 9.98. The second kappa shape index (κ2) is 9.32. The number of nitrogens with one attached hydrogen (secondary N) is 2. The third-order valence-corrected chi connectivity index (χ3v) is 4.77. The number of carbonyl (C=O) groups is 1. The van der Waals surface area contributed by atoms with Crippen molar-refractivity contribution in [3.05, 3.63) is 54.0 Å². The number of carbonyl (C=O) groups excluding carboxylic acids is 1. The molecule has 0 spiro atoms. The summed E-state index contributed by atoms with van der Waals surface area (Å²) in [5, 5.41) is 6.05. The van der Waals surface area contributed by atoms with Crippen LogP contribution in [0.1, 0.15) is 24.1 Å². The number of hydrogen-bond donors (Lipinski definition) is 2. The van der Waals surface area contributed by atoms with Crippen molar-refractivity contribution in [1.82, 2.24) is 25.5 Å². The Morgan fingerprint density at radius 2 is 1.93 bits per heavy atom. The third-order valence-electron chi connectivity index (χ3n) is 4.77. The molecule has 0 saturated carbocycles. The van der Waals surface area contributed by atoms with E-state index >= 15 is 0 Å². The molecule has 144 valence electrons. The van der Waals surface area contributed by atoms with Gasteiger partial charge in [-0.15, -0.1) is 0 Å². The van der Waals surface area contributed by atoms with Gasteiger partial charge in [-0.25, -0.2) is 9.78 Å². The molecule has 0 unspecified atom stereocenters. The van der Waals surface area contributed by atoms with Gasteiger partial charge in [0.2, 0.25) is 0 Å². The predicted octanol–water partition coefficient (Wildman–Crippen LogP) is 2.01. The molecule has 27 heavy (non-hydrogen) atoms. The minimum atomic E-state index is -0.119. The molecular weight excluding hydrogens is 340 g/mol. The lowest BCUT2D eigenvalue weighted by Crippen LogP contribution is -2.47. The lowest BCUT2D eigenvalue weighted by atomic mass is 10.1. The molecule has 7 heteroatoms. The molecule has 2 N–H and O–H groups in total. The van der Waals surface area contributed by atoms with Crippen molar-refractivity contribution in [2.45, 2.75) is 32.0 Å². The van der Waals surface area contributed by atoms with Crippen LogP contribution in [0.3, 0.4) is 0 Å². The normalized spacial score (nSPS) is 15.3. The number of aromatic nitrogens is 2. The van der Waals surface area contributed by atoms with E-state index in [-0.39, 0.29) is 12.1 Å². The van der Waals surface area contributed by atoms with E-state index in [4.69, 9.17) is 0 Å². The van der Waals surface area contributed by atoms with Crippen LogP contribution in [0.4, 0.5) is 10.6 Å². The first kappa shape index (κ1) is 19.1. The number of rotatable bonds is 6. The summed E-state index contributed by atoms with van der Waals surface area (Å²) in [6.45, 7) is 3.27. The number of piperidine rings is 1. The fourth-order valence-corrected chi connectivity index (χ4v) is 3.34. The zero-order valence-corrected chi connectivity index (χ0v) is 16.1. The molecule has 0 aliphatic carbocycles. The smallest absolute Gasteiger partial charge is 0.315 e. The summed E-state index contributed by atoms with van der Waals surface area (Å²) in [4.78, 5) is 25.3. The lowest BCUT2D eigenvalue weighted by molar-refractivity contribution is 0.185. The highest BCUT2D eigenvalue weighted by Crippen LogP contribution is 2.15. The van der Waals surface area contributed by atoms with E-state index in [2.05, 4.69) is 31.6 Å². The van der Waals surface area contributed by atoms with Gasteiger partial charge in [0.25, 0.3) is 0 Å². The molecule has 3 heterocycles. The van der Waals surface area contributed by atoms with Gasteiger partial charge in [0.05, 0.1) is 5.69 Å². The van der Waals surface area contributed by atoms with E-state index in [0.717, 1.165) is 49.6 Å². The molecule has 1 aliphatic heterocycles. The highest BCUT2D eigenvalue weighted by Gasteiger charge is 2.21. The highest BCUT2D eigenvalue weighted by molar-refractivity contribution is 5.74. The fraction of sp³-hybridized carbons (Fsp3) is 0.450. The molecule has 0 aromatic carbocycles. The number of urea groups is 1. The summed E-state index contributed by atoms with van der Waals surface area (Å²) in [6.07, 6.45) is 5.50.